The molecule has 84 valence electrons. The molecule has 2 aliphatic rings. The van der Waals surface area contributed by atoms with Gasteiger partial charge in [-0.1, -0.05) is 24.3 Å². The fourth-order valence-corrected chi connectivity index (χ4v) is 2.54. The lowest BCUT2D eigenvalue weighted by atomic mass is 10.1. The zero-order chi connectivity index (χ0) is 11.3. The first-order chi connectivity index (χ1) is 7.64. The van der Waals surface area contributed by atoms with Crippen molar-refractivity contribution in [1.82, 2.24) is 10.2 Å². The van der Waals surface area contributed by atoms with E-state index in [2.05, 4.69) is 24.4 Å². The van der Waals surface area contributed by atoms with E-state index in [0.717, 1.165) is 12.8 Å². The van der Waals surface area contributed by atoms with Gasteiger partial charge in [0, 0.05) is 7.05 Å². The molecule has 16 heavy (non-hydrogen) atoms. The van der Waals surface area contributed by atoms with Crippen LogP contribution in [0, 0.1) is 6.92 Å². The highest BCUT2D eigenvalue weighted by molar-refractivity contribution is 5.91. The standard InChI is InChI=1S/C13H16N2O/c1-9-5-3-4-6-10(9)11-14-13(7-8-13)12(16)15(11)2/h3-6,11,14H,7-8H2,1-2H3. The molecule has 1 saturated carbocycles. The summed E-state index contributed by atoms with van der Waals surface area (Å²) in [6, 6.07) is 8.24. The third kappa shape index (κ3) is 1.21. The predicted molar refractivity (Wildman–Crippen MR) is 61.8 cm³/mol. The number of benzene rings is 1. The van der Waals surface area contributed by atoms with E-state index >= 15 is 0 Å². The van der Waals surface area contributed by atoms with Gasteiger partial charge in [-0.3, -0.25) is 10.1 Å². The quantitative estimate of drug-likeness (QED) is 0.773. The lowest BCUT2D eigenvalue weighted by Crippen LogP contribution is -2.30. The van der Waals surface area contributed by atoms with Crippen LogP contribution in [0.3, 0.4) is 0 Å². The van der Waals surface area contributed by atoms with Gasteiger partial charge in [0.15, 0.2) is 0 Å². The zero-order valence-corrected chi connectivity index (χ0v) is 9.66. The van der Waals surface area contributed by atoms with Crippen molar-refractivity contribution >= 4 is 5.91 Å². The molecule has 1 aromatic rings. The Bertz CT molecular complexity index is 451. The van der Waals surface area contributed by atoms with Crippen molar-refractivity contribution in [3.63, 3.8) is 0 Å². The number of hydrogen-bond acceptors (Lipinski definition) is 2. The summed E-state index contributed by atoms with van der Waals surface area (Å²) in [5.74, 6) is 0.251. The van der Waals surface area contributed by atoms with Crippen molar-refractivity contribution in [1.29, 1.82) is 0 Å². The fraction of sp³-hybridized carbons (Fsp3) is 0.462. The molecule has 1 unspecified atom stereocenters. The highest BCUT2D eigenvalue weighted by atomic mass is 16.2. The molecular formula is C13H16N2O. The number of nitrogens with one attached hydrogen (secondary N) is 1. The first-order valence-electron chi connectivity index (χ1n) is 5.74. The number of carbonyl (C=O) groups is 1. The van der Waals surface area contributed by atoms with Gasteiger partial charge < -0.3 is 4.90 Å². The van der Waals surface area contributed by atoms with Crippen molar-refractivity contribution in [2.24, 2.45) is 0 Å². The summed E-state index contributed by atoms with van der Waals surface area (Å²) >= 11 is 0. The average molecular weight is 216 g/mol. The monoisotopic (exact) mass is 216 g/mol. The summed E-state index contributed by atoms with van der Waals surface area (Å²) in [5.41, 5.74) is 2.22. The number of rotatable bonds is 1. The normalized spacial score (nSPS) is 26.5. The molecule has 1 amide bonds. The van der Waals surface area contributed by atoms with Crippen LogP contribution in [0.5, 0.6) is 0 Å². The SMILES string of the molecule is Cc1ccccc1C1NC2(CC2)C(=O)N1C. The van der Waals surface area contributed by atoms with Crippen molar-refractivity contribution in [2.75, 3.05) is 7.05 Å². The van der Waals surface area contributed by atoms with E-state index in [1.165, 1.54) is 11.1 Å². The van der Waals surface area contributed by atoms with Gasteiger partial charge in [-0.25, -0.2) is 0 Å². The van der Waals surface area contributed by atoms with Crippen molar-refractivity contribution < 1.29 is 4.79 Å². The molecule has 0 radical (unpaired) electrons. The summed E-state index contributed by atoms with van der Waals surface area (Å²) in [6.45, 7) is 2.09. The van der Waals surface area contributed by atoms with E-state index in [0.29, 0.717) is 0 Å². The average Bonchev–Trinajstić information content (AvgIpc) is 3.02. The van der Waals surface area contributed by atoms with Crippen LogP contribution >= 0.6 is 0 Å². The lowest BCUT2D eigenvalue weighted by molar-refractivity contribution is -0.129. The van der Waals surface area contributed by atoms with Crippen LogP contribution < -0.4 is 5.32 Å². The number of amides is 1. The van der Waals surface area contributed by atoms with Crippen LogP contribution in [0.15, 0.2) is 24.3 Å². The Morgan fingerprint density at radius 3 is 2.62 bits per heavy atom. The fourth-order valence-electron chi connectivity index (χ4n) is 2.54. The van der Waals surface area contributed by atoms with E-state index in [9.17, 15) is 4.79 Å². The van der Waals surface area contributed by atoms with E-state index in [1.54, 1.807) is 0 Å². The van der Waals surface area contributed by atoms with Crippen LogP contribution in [0.4, 0.5) is 0 Å². The zero-order valence-electron chi connectivity index (χ0n) is 9.66. The summed E-state index contributed by atoms with van der Waals surface area (Å²) < 4.78 is 0. The number of hydrogen-bond donors (Lipinski definition) is 1. The van der Waals surface area contributed by atoms with Crippen LogP contribution in [0.1, 0.15) is 30.1 Å². The van der Waals surface area contributed by atoms with Crippen LogP contribution in [0.25, 0.3) is 0 Å². The molecule has 1 saturated heterocycles. The van der Waals surface area contributed by atoms with Gasteiger partial charge in [-0.05, 0) is 30.9 Å². The number of carbonyl (C=O) groups excluding carboxylic acids is 1. The topological polar surface area (TPSA) is 32.3 Å². The molecule has 2 fully saturated rings. The van der Waals surface area contributed by atoms with Gasteiger partial charge >= 0.3 is 0 Å². The Balaban J connectivity index is 1.97. The van der Waals surface area contributed by atoms with E-state index in [1.807, 2.05) is 24.1 Å². The maximum absolute atomic E-state index is 12.0. The molecule has 0 bridgehead atoms. The van der Waals surface area contributed by atoms with Crippen LogP contribution in [0.2, 0.25) is 0 Å². The molecule has 1 aliphatic carbocycles. The minimum atomic E-state index is -0.221. The first kappa shape index (κ1) is 9.85. The number of likely N-dealkylation sites (N-methyl/N-ethyl adjacent to an activating group) is 1. The molecule has 0 aromatic heterocycles. The predicted octanol–water partition coefficient (Wildman–Crippen LogP) is 1.59. The van der Waals surface area contributed by atoms with Crippen LogP contribution in [-0.4, -0.2) is 23.4 Å². The summed E-state index contributed by atoms with van der Waals surface area (Å²) in [6.07, 6.45) is 2.02. The van der Waals surface area contributed by atoms with Gasteiger partial charge in [-0.15, -0.1) is 0 Å². The Hall–Kier alpha value is -1.35. The summed E-state index contributed by atoms with van der Waals surface area (Å²) in [5, 5.41) is 3.47. The van der Waals surface area contributed by atoms with Crippen LogP contribution in [-0.2, 0) is 4.79 Å². The molecule has 1 spiro atoms. The van der Waals surface area contributed by atoms with Gasteiger partial charge in [0.2, 0.25) is 5.91 Å². The lowest BCUT2D eigenvalue weighted by Gasteiger charge is -2.21. The highest BCUT2D eigenvalue weighted by Crippen LogP contribution is 2.45. The highest BCUT2D eigenvalue weighted by Gasteiger charge is 2.58. The van der Waals surface area contributed by atoms with Crippen molar-refractivity contribution in [3.05, 3.63) is 35.4 Å². The first-order valence-corrected chi connectivity index (χ1v) is 5.74. The molecular weight excluding hydrogens is 200 g/mol. The minimum absolute atomic E-state index is 0.0520. The molecule has 3 nitrogen and oxygen atoms in total. The van der Waals surface area contributed by atoms with Gasteiger partial charge in [0.05, 0.1) is 0 Å². The number of nitrogens with zero attached hydrogens (tertiary/aromatic N) is 1. The Labute approximate surface area is 95.4 Å². The molecule has 1 aromatic carbocycles. The van der Waals surface area contributed by atoms with Gasteiger partial charge in [0.1, 0.15) is 11.7 Å². The summed E-state index contributed by atoms with van der Waals surface area (Å²) in [7, 11) is 1.89. The third-order valence-electron chi connectivity index (χ3n) is 3.76. The third-order valence-corrected chi connectivity index (χ3v) is 3.76. The second kappa shape index (κ2) is 3.08. The van der Waals surface area contributed by atoms with Gasteiger partial charge in [0.25, 0.3) is 0 Å². The summed E-state index contributed by atoms with van der Waals surface area (Å²) in [4.78, 5) is 13.9. The molecule has 1 atom stereocenters. The van der Waals surface area contributed by atoms with Crippen molar-refractivity contribution in [2.45, 2.75) is 31.5 Å². The molecule has 3 rings (SSSR count). The minimum Gasteiger partial charge on any atom is -0.324 e. The molecule has 1 aliphatic heterocycles. The second-order valence-corrected chi connectivity index (χ2v) is 4.90. The Kier molecular flexibility index (Phi) is 1.89. The van der Waals surface area contributed by atoms with E-state index < -0.39 is 0 Å². The van der Waals surface area contributed by atoms with E-state index in [4.69, 9.17) is 0 Å². The largest absolute Gasteiger partial charge is 0.324 e. The molecule has 1 N–H and O–H groups in total. The smallest absolute Gasteiger partial charge is 0.244 e. The maximum atomic E-state index is 12.0. The molecule has 3 heteroatoms. The second-order valence-electron chi connectivity index (χ2n) is 4.90. The Morgan fingerprint density at radius 2 is 2.06 bits per heavy atom. The number of aryl methyl sites for hydroxylation is 1. The van der Waals surface area contributed by atoms with Gasteiger partial charge in [-0.2, -0.15) is 0 Å². The molecule has 1 heterocycles. The van der Waals surface area contributed by atoms with Crippen molar-refractivity contribution in [3.8, 4) is 0 Å². The Morgan fingerprint density at radius 1 is 1.38 bits per heavy atom. The van der Waals surface area contributed by atoms with E-state index in [-0.39, 0.29) is 17.6 Å². The maximum Gasteiger partial charge on any atom is 0.244 e.